The summed E-state index contributed by atoms with van der Waals surface area (Å²) >= 11 is 0. The van der Waals surface area contributed by atoms with E-state index in [1.807, 2.05) is 13.0 Å². The highest BCUT2D eigenvalue weighted by molar-refractivity contribution is 5.48. The second-order valence-electron chi connectivity index (χ2n) is 4.54. The molecule has 0 radical (unpaired) electrons. The molecule has 0 amide bonds. The first-order valence-corrected chi connectivity index (χ1v) is 5.75. The molecule has 0 saturated heterocycles. The summed E-state index contributed by atoms with van der Waals surface area (Å²) < 4.78 is 0. The summed E-state index contributed by atoms with van der Waals surface area (Å²) in [4.78, 5) is 8.42. The Bertz CT molecular complexity index is 356. The predicted octanol–water partition coefficient (Wildman–Crippen LogP) is 2.43. The molecule has 1 heterocycles. The zero-order chi connectivity index (χ0) is 12.0. The summed E-state index contributed by atoms with van der Waals surface area (Å²) in [6.07, 6.45) is 3.89. The standard InChI is InChI=1S/C13H21N3/c1-10(2)8-14-9-11(3)7-13-5-6-15-12(4)16-13/h5-7,10,14H,8-9H2,1-4H3/b11-7+. The molecule has 1 N–H and O–H groups in total. The first-order valence-electron chi connectivity index (χ1n) is 5.75. The number of aryl methyl sites for hydroxylation is 1. The molecule has 0 aromatic carbocycles. The topological polar surface area (TPSA) is 37.8 Å². The van der Waals surface area contributed by atoms with Gasteiger partial charge in [-0.3, -0.25) is 0 Å². The van der Waals surface area contributed by atoms with Crippen molar-refractivity contribution in [1.29, 1.82) is 0 Å². The van der Waals surface area contributed by atoms with Gasteiger partial charge in [0.15, 0.2) is 0 Å². The summed E-state index contributed by atoms with van der Waals surface area (Å²) in [7, 11) is 0. The largest absolute Gasteiger partial charge is 0.313 e. The van der Waals surface area contributed by atoms with E-state index in [-0.39, 0.29) is 0 Å². The van der Waals surface area contributed by atoms with Gasteiger partial charge < -0.3 is 5.32 Å². The first-order chi connectivity index (χ1) is 7.58. The number of hydrogen-bond acceptors (Lipinski definition) is 3. The molecule has 3 heteroatoms. The Morgan fingerprint density at radius 2 is 2.25 bits per heavy atom. The van der Waals surface area contributed by atoms with Crippen molar-refractivity contribution in [2.45, 2.75) is 27.7 Å². The lowest BCUT2D eigenvalue weighted by atomic mass is 10.2. The Hall–Kier alpha value is -1.22. The van der Waals surface area contributed by atoms with Gasteiger partial charge in [0.1, 0.15) is 5.82 Å². The molecular formula is C13H21N3. The molecule has 1 rings (SSSR count). The van der Waals surface area contributed by atoms with Crippen LogP contribution >= 0.6 is 0 Å². The molecule has 1 aromatic rings. The molecule has 0 fully saturated rings. The summed E-state index contributed by atoms with van der Waals surface area (Å²) in [6, 6.07) is 1.93. The van der Waals surface area contributed by atoms with E-state index >= 15 is 0 Å². The van der Waals surface area contributed by atoms with Gasteiger partial charge in [-0.15, -0.1) is 0 Å². The highest BCUT2D eigenvalue weighted by atomic mass is 14.9. The third-order valence-electron chi connectivity index (χ3n) is 2.15. The fraction of sp³-hybridized carbons (Fsp3) is 0.538. The maximum atomic E-state index is 4.34. The van der Waals surface area contributed by atoms with Crippen LogP contribution in [0.1, 0.15) is 32.3 Å². The van der Waals surface area contributed by atoms with Gasteiger partial charge in [0.2, 0.25) is 0 Å². The Morgan fingerprint density at radius 3 is 2.88 bits per heavy atom. The molecule has 3 nitrogen and oxygen atoms in total. The minimum atomic E-state index is 0.689. The van der Waals surface area contributed by atoms with Gasteiger partial charge in [-0.1, -0.05) is 19.4 Å². The molecule has 0 saturated carbocycles. The second-order valence-corrected chi connectivity index (χ2v) is 4.54. The van der Waals surface area contributed by atoms with Gasteiger partial charge in [0.05, 0.1) is 5.69 Å². The molecule has 0 unspecified atom stereocenters. The van der Waals surface area contributed by atoms with Gasteiger partial charge >= 0.3 is 0 Å². The van der Waals surface area contributed by atoms with Crippen LogP contribution in [0.15, 0.2) is 17.8 Å². The van der Waals surface area contributed by atoms with Crippen molar-refractivity contribution >= 4 is 6.08 Å². The minimum absolute atomic E-state index is 0.689. The van der Waals surface area contributed by atoms with Crippen LogP contribution in [0.3, 0.4) is 0 Å². The van der Waals surface area contributed by atoms with Crippen molar-refractivity contribution in [2.24, 2.45) is 5.92 Å². The van der Waals surface area contributed by atoms with Crippen molar-refractivity contribution in [2.75, 3.05) is 13.1 Å². The molecule has 0 aliphatic heterocycles. The zero-order valence-electron chi connectivity index (χ0n) is 10.6. The van der Waals surface area contributed by atoms with Crippen molar-refractivity contribution in [3.63, 3.8) is 0 Å². The normalized spacial score (nSPS) is 12.2. The molecule has 0 aliphatic carbocycles. The van der Waals surface area contributed by atoms with E-state index in [4.69, 9.17) is 0 Å². The lowest BCUT2D eigenvalue weighted by molar-refractivity contribution is 0.572. The van der Waals surface area contributed by atoms with Crippen molar-refractivity contribution in [3.8, 4) is 0 Å². The first kappa shape index (κ1) is 12.8. The van der Waals surface area contributed by atoms with Crippen LogP contribution in [0.4, 0.5) is 0 Å². The molecule has 0 aliphatic rings. The maximum Gasteiger partial charge on any atom is 0.125 e. The van der Waals surface area contributed by atoms with Crippen LogP contribution < -0.4 is 5.32 Å². The predicted molar refractivity (Wildman–Crippen MR) is 68.1 cm³/mol. The summed E-state index contributed by atoms with van der Waals surface area (Å²) in [5.74, 6) is 1.51. The van der Waals surface area contributed by atoms with Gasteiger partial charge in [-0.25, -0.2) is 9.97 Å². The van der Waals surface area contributed by atoms with Crippen LogP contribution in [0, 0.1) is 12.8 Å². The summed E-state index contributed by atoms with van der Waals surface area (Å²) in [5.41, 5.74) is 2.27. The number of nitrogens with one attached hydrogen (secondary N) is 1. The van der Waals surface area contributed by atoms with E-state index in [1.165, 1.54) is 5.57 Å². The molecule has 1 aromatic heterocycles. The van der Waals surface area contributed by atoms with Crippen LogP contribution in [0.2, 0.25) is 0 Å². The average Bonchev–Trinajstić information content (AvgIpc) is 2.16. The third kappa shape index (κ3) is 5.03. The molecule has 0 atom stereocenters. The Balaban J connectivity index is 2.49. The number of hydrogen-bond donors (Lipinski definition) is 1. The lowest BCUT2D eigenvalue weighted by Crippen LogP contribution is -2.21. The zero-order valence-corrected chi connectivity index (χ0v) is 10.6. The highest BCUT2D eigenvalue weighted by Crippen LogP contribution is 2.02. The fourth-order valence-electron chi connectivity index (χ4n) is 1.42. The van der Waals surface area contributed by atoms with Crippen molar-refractivity contribution in [1.82, 2.24) is 15.3 Å². The van der Waals surface area contributed by atoms with Crippen molar-refractivity contribution < 1.29 is 0 Å². The maximum absolute atomic E-state index is 4.34. The van der Waals surface area contributed by atoms with E-state index in [0.29, 0.717) is 5.92 Å². The molecule has 16 heavy (non-hydrogen) atoms. The van der Waals surface area contributed by atoms with Crippen molar-refractivity contribution in [3.05, 3.63) is 29.4 Å². The van der Waals surface area contributed by atoms with Gasteiger partial charge in [0, 0.05) is 12.7 Å². The van der Waals surface area contributed by atoms with Gasteiger partial charge in [-0.2, -0.15) is 0 Å². The highest BCUT2D eigenvalue weighted by Gasteiger charge is 1.96. The van der Waals surface area contributed by atoms with Crippen LogP contribution in [0.5, 0.6) is 0 Å². The van der Waals surface area contributed by atoms with E-state index in [1.54, 1.807) is 6.20 Å². The fourth-order valence-corrected chi connectivity index (χ4v) is 1.42. The lowest BCUT2D eigenvalue weighted by Gasteiger charge is -2.07. The molecule has 88 valence electrons. The van der Waals surface area contributed by atoms with Crippen LogP contribution in [-0.2, 0) is 0 Å². The SMILES string of the molecule is C/C(=C\c1ccnc(C)n1)CNCC(C)C. The Kier molecular flexibility index (Phi) is 5.12. The van der Waals surface area contributed by atoms with Gasteiger partial charge in [-0.05, 0) is 38.5 Å². The van der Waals surface area contributed by atoms with E-state index < -0.39 is 0 Å². The molecule has 0 spiro atoms. The van der Waals surface area contributed by atoms with E-state index in [9.17, 15) is 0 Å². The smallest absolute Gasteiger partial charge is 0.125 e. The number of nitrogens with zero attached hydrogens (tertiary/aromatic N) is 2. The van der Waals surface area contributed by atoms with Crippen LogP contribution in [-0.4, -0.2) is 23.1 Å². The summed E-state index contributed by atoms with van der Waals surface area (Å²) in [5, 5.41) is 3.41. The Labute approximate surface area is 98.0 Å². The second kappa shape index (κ2) is 6.38. The van der Waals surface area contributed by atoms with Gasteiger partial charge in [0.25, 0.3) is 0 Å². The van der Waals surface area contributed by atoms with Crippen LogP contribution in [0.25, 0.3) is 6.08 Å². The third-order valence-corrected chi connectivity index (χ3v) is 2.15. The molecule has 0 bridgehead atoms. The number of rotatable bonds is 5. The average molecular weight is 219 g/mol. The van der Waals surface area contributed by atoms with E-state index in [0.717, 1.165) is 24.6 Å². The minimum Gasteiger partial charge on any atom is -0.313 e. The monoisotopic (exact) mass is 219 g/mol. The van der Waals surface area contributed by atoms with E-state index in [2.05, 4.69) is 42.1 Å². The quantitative estimate of drug-likeness (QED) is 0.826. The summed E-state index contributed by atoms with van der Waals surface area (Å²) in [6.45, 7) is 10.4. The number of aromatic nitrogens is 2. The Morgan fingerprint density at radius 1 is 1.50 bits per heavy atom. The molecular weight excluding hydrogens is 198 g/mol.